The summed E-state index contributed by atoms with van der Waals surface area (Å²) in [5, 5.41) is 0. The number of hydrogen-bond donors (Lipinski definition) is 0. The van der Waals surface area contributed by atoms with Crippen LogP contribution in [0.15, 0.2) is 77.7 Å². The third kappa shape index (κ3) is 5.55. The molecule has 0 aliphatic heterocycles. The largest absolute Gasteiger partial charge is 0.497 e. The van der Waals surface area contributed by atoms with Crippen LogP contribution >= 0.6 is 11.8 Å². The monoisotopic (exact) mass is 407 g/mol. The molecular formula is C24H25NO3S. The van der Waals surface area contributed by atoms with Crippen molar-refractivity contribution >= 4 is 17.7 Å². The van der Waals surface area contributed by atoms with Gasteiger partial charge in [0, 0.05) is 41.4 Å². The first-order valence-corrected chi connectivity index (χ1v) is 10.3. The number of ether oxygens (including phenoxy) is 2. The molecule has 1 amide bonds. The fourth-order valence-corrected chi connectivity index (χ4v) is 3.83. The molecule has 4 nitrogen and oxygen atoms in total. The van der Waals surface area contributed by atoms with Gasteiger partial charge in [0.2, 0.25) is 0 Å². The van der Waals surface area contributed by atoms with Crippen LogP contribution in [0.2, 0.25) is 0 Å². The molecule has 5 heteroatoms. The fraction of sp³-hybridized carbons (Fsp3) is 0.208. The number of thioether (sulfide) groups is 1. The van der Waals surface area contributed by atoms with Crippen molar-refractivity contribution in [1.82, 2.24) is 4.90 Å². The lowest BCUT2D eigenvalue weighted by atomic mass is 10.1. The predicted molar refractivity (Wildman–Crippen MR) is 118 cm³/mol. The first-order chi connectivity index (χ1) is 14.1. The molecule has 29 heavy (non-hydrogen) atoms. The normalized spacial score (nSPS) is 10.4. The smallest absolute Gasteiger partial charge is 0.253 e. The van der Waals surface area contributed by atoms with E-state index in [9.17, 15) is 4.79 Å². The molecule has 150 valence electrons. The Morgan fingerprint density at radius 3 is 2.31 bits per heavy atom. The van der Waals surface area contributed by atoms with E-state index in [4.69, 9.17) is 9.47 Å². The maximum atomic E-state index is 12.8. The lowest BCUT2D eigenvalue weighted by Crippen LogP contribution is -2.26. The number of carbonyl (C=O) groups is 1. The summed E-state index contributed by atoms with van der Waals surface area (Å²) >= 11 is 1.78. The van der Waals surface area contributed by atoms with Crippen molar-refractivity contribution < 1.29 is 14.3 Å². The Bertz CT molecular complexity index is 942. The van der Waals surface area contributed by atoms with Crippen molar-refractivity contribution in [2.24, 2.45) is 0 Å². The van der Waals surface area contributed by atoms with E-state index < -0.39 is 0 Å². The highest BCUT2D eigenvalue weighted by atomic mass is 32.2. The molecule has 0 N–H and O–H groups in total. The number of hydrogen-bond acceptors (Lipinski definition) is 4. The second kappa shape index (κ2) is 10.0. The number of rotatable bonds is 8. The molecule has 0 aliphatic carbocycles. The van der Waals surface area contributed by atoms with Crippen LogP contribution in [0, 0.1) is 0 Å². The lowest BCUT2D eigenvalue weighted by molar-refractivity contribution is 0.0784. The average molecular weight is 408 g/mol. The average Bonchev–Trinajstić information content (AvgIpc) is 2.78. The van der Waals surface area contributed by atoms with Crippen molar-refractivity contribution in [3.63, 3.8) is 0 Å². The summed E-state index contributed by atoms with van der Waals surface area (Å²) in [6, 6.07) is 23.7. The van der Waals surface area contributed by atoms with Gasteiger partial charge in [-0.05, 0) is 42.0 Å². The topological polar surface area (TPSA) is 38.8 Å². The minimum Gasteiger partial charge on any atom is -0.497 e. The van der Waals surface area contributed by atoms with Gasteiger partial charge in [0.05, 0.1) is 14.2 Å². The maximum Gasteiger partial charge on any atom is 0.253 e. The van der Waals surface area contributed by atoms with Gasteiger partial charge < -0.3 is 14.4 Å². The molecule has 0 spiro atoms. The molecule has 0 bridgehead atoms. The Kier molecular flexibility index (Phi) is 7.19. The first-order valence-electron chi connectivity index (χ1n) is 9.34. The molecule has 0 saturated heterocycles. The van der Waals surface area contributed by atoms with E-state index in [1.807, 2.05) is 60.7 Å². The number of benzene rings is 3. The van der Waals surface area contributed by atoms with Crippen LogP contribution in [0.1, 0.15) is 21.5 Å². The molecule has 3 aromatic carbocycles. The quantitative estimate of drug-likeness (QED) is 0.477. The Labute approximate surface area is 176 Å². The van der Waals surface area contributed by atoms with Gasteiger partial charge in [0.15, 0.2) is 0 Å². The van der Waals surface area contributed by atoms with Crippen LogP contribution < -0.4 is 9.47 Å². The molecule has 0 saturated carbocycles. The lowest BCUT2D eigenvalue weighted by Gasteiger charge is -2.19. The summed E-state index contributed by atoms with van der Waals surface area (Å²) in [6.45, 7) is 0.456. The molecular weight excluding hydrogens is 382 g/mol. The van der Waals surface area contributed by atoms with Crippen molar-refractivity contribution in [2.45, 2.75) is 17.2 Å². The Morgan fingerprint density at radius 2 is 1.66 bits per heavy atom. The third-order valence-corrected chi connectivity index (χ3v) is 5.68. The maximum absolute atomic E-state index is 12.8. The summed E-state index contributed by atoms with van der Waals surface area (Å²) in [7, 11) is 5.03. The summed E-state index contributed by atoms with van der Waals surface area (Å²) in [6.07, 6.45) is 0. The zero-order valence-corrected chi connectivity index (χ0v) is 17.7. The Balaban J connectivity index is 1.62. The fourth-order valence-electron chi connectivity index (χ4n) is 2.96. The Hall–Kier alpha value is -2.92. The number of amides is 1. The van der Waals surface area contributed by atoms with Gasteiger partial charge in [0.1, 0.15) is 11.5 Å². The Morgan fingerprint density at radius 1 is 0.931 bits per heavy atom. The summed E-state index contributed by atoms with van der Waals surface area (Å²) in [5.41, 5.74) is 2.79. The minimum atomic E-state index is -0.0230. The molecule has 0 aromatic heterocycles. The predicted octanol–water partition coefficient (Wildman–Crippen LogP) is 5.27. The number of carbonyl (C=O) groups excluding carboxylic acids is 1. The third-order valence-electron chi connectivity index (χ3n) is 4.60. The van der Waals surface area contributed by atoms with Crippen molar-refractivity contribution in [3.05, 3.63) is 89.5 Å². The molecule has 0 heterocycles. The van der Waals surface area contributed by atoms with E-state index in [-0.39, 0.29) is 5.91 Å². The van der Waals surface area contributed by atoms with E-state index in [1.165, 1.54) is 10.5 Å². The van der Waals surface area contributed by atoms with Crippen LogP contribution in [-0.4, -0.2) is 32.1 Å². The molecule has 0 fully saturated rings. The zero-order chi connectivity index (χ0) is 20.6. The molecule has 3 aromatic rings. The first kappa shape index (κ1) is 20.8. The van der Waals surface area contributed by atoms with Crippen LogP contribution in [-0.2, 0) is 12.3 Å². The highest BCUT2D eigenvalue weighted by Crippen LogP contribution is 2.26. The van der Waals surface area contributed by atoms with Gasteiger partial charge >= 0.3 is 0 Å². The van der Waals surface area contributed by atoms with Gasteiger partial charge in [-0.2, -0.15) is 0 Å². The van der Waals surface area contributed by atoms with E-state index in [2.05, 4.69) is 12.1 Å². The molecule has 3 rings (SSSR count). The van der Waals surface area contributed by atoms with E-state index in [0.29, 0.717) is 17.9 Å². The highest BCUT2D eigenvalue weighted by molar-refractivity contribution is 7.98. The minimum absolute atomic E-state index is 0.0230. The van der Waals surface area contributed by atoms with E-state index in [0.717, 1.165) is 17.1 Å². The second-order valence-electron chi connectivity index (χ2n) is 6.64. The highest BCUT2D eigenvalue weighted by Gasteiger charge is 2.15. The van der Waals surface area contributed by atoms with E-state index in [1.54, 1.807) is 37.9 Å². The van der Waals surface area contributed by atoms with Gasteiger partial charge in [0.25, 0.3) is 5.91 Å². The molecule has 0 aliphatic rings. The van der Waals surface area contributed by atoms with Crippen molar-refractivity contribution in [1.29, 1.82) is 0 Å². The number of methoxy groups -OCH3 is 2. The summed E-state index contributed by atoms with van der Waals surface area (Å²) < 4.78 is 10.7. The SMILES string of the molecule is COc1ccc(CN(C)C(=O)c2ccc(CSc3ccccc3)cc2)c(OC)c1. The molecule has 0 unspecified atom stereocenters. The van der Waals surface area contributed by atoms with E-state index >= 15 is 0 Å². The summed E-state index contributed by atoms with van der Waals surface area (Å²) in [4.78, 5) is 15.7. The molecule has 0 atom stereocenters. The van der Waals surface area contributed by atoms with Crippen LogP contribution in [0.4, 0.5) is 0 Å². The standard InChI is InChI=1S/C24H25NO3S/c1-25(16-20-13-14-21(27-2)15-23(20)28-3)24(26)19-11-9-18(10-12-19)17-29-22-7-5-4-6-8-22/h4-15H,16-17H2,1-3H3. The zero-order valence-electron chi connectivity index (χ0n) is 16.9. The van der Waals surface area contributed by atoms with Crippen LogP contribution in [0.5, 0.6) is 11.5 Å². The van der Waals surface area contributed by atoms with Crippen molar-refractivity contribution in [2.75, 3.05) is 21.3 Å². The number of nitrogens with zero attached hydrogens (tertiary/aromatic N) is 1. The van der Waals surface area contributed by atoms with Gasteiger partial charge in [-0.25, -0.2) is 0 Å². The van der Waals surface area contributed by atoms with Crippen LogP contribution in [0.3, 0.4) is 0 Å². The molecule has 0 radical (unpaired) electrons. The van der Waals surface area contributed by atoms with Gasteiger partial charge in [-0.1, -0.05) is 30.3 Å². The van der Waals surface area contributed by atoms with Crippen molar-refractivity contribution in [3.8, 4) is 11.5 Å². The second-order valence-corrected chi connectivity index (χ2v) is 7.69. The summed E-state index contributed by atoms with van der Waals surface area (Å²) in [5.74, 6) is 2.28. The van der Waals surface area contributed by atoms with Gasteiger partial charge in [-0.15, -0.1) is 11.8 Å². The van der Waals surface area contributed by atoms with Gasteiger partial charge in [-0.3, -0.25) is 4.79 Å². The van der Waals surface area contributed by atoms with Crippen LogP contribution in [0.25, 0.3) is 0 Å².